The second kappa shape index (κ2) is 21.4. The zero-order chi connectivity index (χ0) is 42.6. The van der Waals surface area contributed by atoms with E-state index in [-0.39, 0.29) is 24.8 Å². The van der Waals surface area contributed by atoms with E-state index in [0.717, 1.165) is 0 Å². The molecule has 0 heterocycles. The zero-order valence-corrected chi connectivity index (χ0v) is 42.3. The van der Waals surface area contributed by atoms with Crippen LogP contribution in [0, 0.1) is 72.8 Å². The number of halogens is 2. The molecule has 7 aromatic rings. The van der Waals surface area contributed by atoms with Crippen LogP contribution >= 0.6 is 0 Å². The first-order chi connectivity index (χ1) is 28.0. The van der Waals surface area contributed by atoms with Crippen LogP contribution in [0.2, 0.25) is 0 Å². The molecule has 0 saturated heterocycles. The number of benzene rings is 6. The molecule has 8 rings (SSSR count). The molecule has 0 N–H and O–H groups in total. The van der Waals surface area contributed by atoms with Crippen LogP contribution in [-0.2, 0) is 24.2 Å². The van der Waals surface area contributed by atoms with Crippen molar-refractivity contribution in [3.05, 3.63) is 195 Å². The molecule has 1 aliphatic carbocycles. The van der Waals surface area contributed by atoms with E-state index >= 15 is 0 Å². The van der Waals surface area contributed by atoms with Gasteiger partial charge in [0, 0.05) is 0 Å². The molecule has 0 amide bonds. The van der Waals surface area contributed by atoms with Gasteiger partial charge < -0.3 is 24.8 Å². The molecule has 1 aliphatic rings. The molecule has 0 aliphatic heterocycles. The molecule has 3 heteroatoms. The van der Waals surface area contributed by atoms with Crippen LogP contribution in [0.1, 0.15) is 96.2 Å². The molecule has 0 radical (unpaired) electrons. The summed E-state index contributed by atoms with van der Waals surface area (Å²) in [5.41, 5.74) is 20.5. The number of fused-ring (bicyclic) bond motifs is 3. The summed E-state index contributed by atoms with van der Waals surface area (Å²) >= 11 is 1.46. The minimum atomic E-state index is 0. The molecule has 7 aromatic carbocycles. The molecule has 314 valence electrons. The summed E-state index contributed by atoms with van der Waals surface area (Å²) in [7, 11) is 0. The van der Waals surface area contributed by atoms with Gasteiger partial charge in [0.1, 0.15) is 0 Å². The first kappa shape index (κ1) is 49.7. The Kier molecular flexibility index (Phi) is 17.4. The normalized spacial score (nSPS) is 13.1. The maximum absolute atomic E-state index is 3.40. The largest absolute Gasteiger partial charge is 1.00 e. The van der Waals surface area contributed by atoms with Gasteiger partial charge in [0.15, 0.2) is 0 Å². The fraction of sp³-hybridized carbons (Fsp3) is 0.276. The van der Waals surface area contributed by atoms with Crippen molar-refractivity contribution in [3.63, 3.8) is 0 Å². The van der Waals surface area contributed by atoms with Gasteiger partial charge in [-0.05, 0) is 74.9 Å². The number of hydrogen-bond acceptors (Lipinski definition) is 0. The van der Waals surface area contributed by atoms with Gasteiger partial charge in [0.05, 0.1) is 0 Å². The van der Waals surface area contributed by atoms with Gasteiger partial charge in [-0.15, -0.1) is 39.7 Å². The van der Waals surface area contributed by atoms with Crippen molar-refractivity contribution in [1.82, 2.24) is 0 Å². The number of hydrogen-bond donors (Lipinski definition) is 0. The molecule has 0 aromatic heterocycles. The zero-order valence-electron chi connectivity index (χ0n) is 38.4. The fourth-order valence-electron chi connectivity index (χ4n) is 8.67. The number of allylic oxidation sites excluding steroid dienone is 4. The van der Waals surface area contributed by atoms with Crippen molar-refractivity contribution in [3.8, 4) is 22.3 Å². The average molecular weight is 921 g/mol. The Morgan fingerprint density at radius 2 is 0.951 bits per heavy atom. The molecule has 0 spiro atoms. The van der Waals surface area contributed by atoms with E-state index in [0.29, 0.717) is 11.3 Å². The van der Waals surface area contributed by atoms with Crippen molar-refractivity contribution in [2.75, 3.05) is 0 Å². The van der Waals surface area contributed by atoms with Gasteiger partial charge in [-0.1, -0.05) is 123 Å². The van der Waals surface area contributed by atoms with E-state index in [1.54, 1.807) is 0 Å². The second-order valence-corrected chi connectivity index (χ2v) is 19.2. The van der Waals surface area contributed by atoms with Gasteiger partial charge in [-0.3, -0.25) is 6.08 Å². The third kappa shape index (κ3) is 12.1. The first-order valence-electron chi connectivity index (χ1n) is 21.4. The van der Waals surface area contributed by atoms with Gasteiger partial charge in [0.2, 0.25) is 0 Å². The second-order valence-electron chi connectivity index (χ2n) is 18.0. The van der Waals surface area contributed by atoms with E-state index in [2.05, 4.69) is 217 Å². The summed E-state index contributed by atoms with van der Waals surface area (Å²) in [5.74, 6) is 0.587. The minimum absolute atomic E-state index is 0. The molecular weight excluding hydrogens is 859 g/mol. The van der Waals surface area contributed by atoms with E-state index in [1.807, 2.05) is 0 Å². The van der Waals surface area contributed by atoms with Crippen molar-refractivity contribution in [1.29, 1.82) is 0 Å². The van der Waals surface area contributed by atoms with Gasteiger partial charge in [-0.2, -0.15) is 11.6 Å². The van der Waals surface area contributed by atoms with Crippen LogP contribution < -0.4 is 24.8 Å². The predicted molar refractivity (Wildman–Crippen MR) is 256 cm³/mol. The Hall–Kier alpha value is -4.00. The topological polar surface area (TPSA) is 0 Å². The van der Waals surface area contributed by atoms with Crippen LogP contribution in [0.5, 0.6) is 0 Å². The summed E-state index contributed by atoms with van der Waals surface area (Å²) in [6.07, 6.45) is 10.4. The minimum Gasteiger partial charge on any atom is -1.00 e. The van der Waals surface area contributed by atoms with Gasteiger partial charge in [0.25, 0.3) is 0 Å². The smallest absolute Gasteiger partial charge is 1.00 e. The Labute approximate surface area is 395 Å². The van der Waals surface area contributed by atoms with E-state index in [1.165, 1.54) is 145 Å². The summed E-state index contributed by atoms with van der Waals surface area (Å²) in [6, 6.07) is 42.9. The van der Waals surface area contributed by atoms with Crippen molar-refractivity contribution in [2.45, 2.75) is 95.9 Å². The Morgan fingerprint density at radius 1 is 0.557 bits per heavy atom. The Morgan fingerprint density at radius 3 is 1.30 bits per heavy atom. The predicted octanol–water partition coefficient (Wildman–Crippen LogP) is 10.1. The molecule has 1 unspecified atom stereocenters. The van der Waals surface area contributed by atoms with Crippen molar-refractivity contribution >= 4 is 24.8 Å². The molecule has 0 saturated carbocycles. The Balaban J connectivity index is 0.000000229. The van der Waals surface area contributed by atoms with Crippen LogP contribution in [0.15, 0.2) is 133 Å². The average Bonchev–Trinajstić information content (AvgIpc) is 3.80. The van der Waals surface area contributed by atoms with Crippen molar-refractivity contribution in [2.24, 2.45) is 11.3 Å². The quantitative estimate of drug-likeness (QED) is 0.146. The van der Waals surface area contributed by atoms with Crippen LogP contribution in [0.4, 0.5) is 0 Å². The fourth-order valence-corrected chi connectivity index (χ4v) is 9.48. The van der Waals surface area contributed by atoms with Crippen LogP contribution in [-0.4, -0.2) is 3.21 Å². The maximum atomic E-state index is 3.40. The molecule has 0 nitrogen and oxygen atoms in total. The monoisotopic (exact) mass is 918 g/mol. The molecular formula is C58H62Cl2Zr-2. The molecule has 0 bridgehead atoms. The van der Waals surface area contributed by atoms with E-state index in [9.17, 15) is 0 Å². The molecule has 1 atom stereocenters. The summed E-state index contributed by atoms with van der Waals surface area (Å²) in [6.45, 7) is 26.5. The third-order valence-electron chi connectivity index (χ3n) is 11.6. The first-order valence-corrected chi connectivity index (χ1v) is 22.6. The van der Waals surface area contributed by atoms with E-state index < -0.39 is 0 Å². The third-order valence-corrected chi connectivity index (χ3v) is 13.0. The van der Waals surface area contributed by atoms with Gasteiger partial charge in [-0.25, -0.2) is 6.08 Å². The molecule has 0 fully saturated rings. The van der Waals surface area contributed by atoms with Crippen molar-refractivity contribution < 1.29 is 49.0 Å². The summed E-state index contributed by atoms with van der Waals surface area (Å²) in [4.78, 5) is 0. The van der Waals surface area contributed by atoms with Crippen LogP contribution in [0.3, 0.4) is 0 Å². The van der Waals surface area contributed by atoms with Gasteiger partial charge >= 0.3 is 112 Å². The SMILES string of the molecule is CCCC1[C-]=CC(C(C)(C)C)=C1.Cc1cc(C)c(-c2ccc3c(c2)[cH-]c2cc(-c4c(C)cc(C)cc4C)ccc23)c(C)c1.Cc1ccc([C](=[Zr+2])c2ccc(C)cc2)cc1.[Cl-].[Cl-]. The number of rotatable bonds is 6. The van der Waals surface area contributed by atoms with Crippen LogP contribution in [0.25, 0.3) is 43.8 Å². The number of aryl methyl sites for hydroxylation is 8. The molecule has 61 heavy (non-hydrogen) atoms. The standard InChI is InChI=1S/C31H29.C15H14.C12H19.2ClH.Zr/c1-18-11-20(3)30(21(4)12-18)24-7-9-28-26(15-24)17-27-16-25(8-10-29(27)28)31-22(5)13-19(2)14-23(31)6;1-12-3-7-14(8-4-12)11-15-9-5-13(2)6-10-15;1-5-6-10-7-8-11(9-10)12(2,3)4;;;/h7-17H,1-6H3;3-10H,1-2H3;8-10H,5-6H2,1-4H3;2*1H;/q-1;;-1;;;+2/p-2. The summed E-state index contributed by atoms with van der Waals surface area (Å²) in [5, 5.41) is 5.32. The van der Waals surface area contributed by atoms with E-state index in [4.69, 9.17) is 0 Å². The Bertz CT molecular complexity index is 2470. The maximum Gasteiger partial charge on any atom is -1.00 e. The summed E-state index contributed by atoms with van der Waals surface area (Å²) < 4.78 is 1.42.